The highest BCUT2D eigenvalue weighted by atomic mass is 16.2. The fraction of sp³-hybridized carbons (Fsp3) is 0.652. The van der Waals surface area contributed by atoms with E-state index in [1.54, 1.807) is 0 Å². The lowest BCUT2D eigenvalue weighted by Crippen LogP contribution is -2.51. The summed E-state index contributed by atoms with van der Waals surface area (Å²) >= 11 is 0. The van der Waals surface area contributed by atoms with Crippen LogP contribution in [0.2, 0.25) is 0 Å². The van der Waals surface area contributed by atoms with Crippen molar-refractivity contribution in [1.29, 1.82) is 0 Å². The van der Waals surface area contributed by atoms with Crippen molar-refractivity contribution < 1.29 is 9.59 Å². The predicted octanol–water partition coefficient (Wildman–Crippen LogP) is 2.72. The van der Waals surface area contributed by atoms with Crippen molar-refractivity contribution in [3.63, 3.8) is 0 Å². The van der Waals surface area contributed by atoms with E-state index >= 15 is 0 Å². The Morgan fingerprint density at radius 3 is 2.54 bits per heavy atom. The van der Waals surface area contributed by atoms with Gasteiger partial charge in [-0.25, -0.2) is 0 Å². The number of carbonyl (C=O) groups excluding carboxylic acids is 2. The van der Waals surface area contributed by atoms with Crippen molar-refractivity contribution in [3.05, 3.63) is 35.4 Å². The smallest absolute Gasteiger partial charge is 0.225 e. The molecule has 1 aliphatic carbocycles. The minimum absolute atomic E-state index is 0.0877. The van der Waals surface area contributed by atoms with E-state index in [4.69, 9.17) is 0 Å². The van der Waals surface area contributed by atoms with Crippen LogP contribution < -0.4 is 5.32 Å². The van der Waals surface area contributed by atoms with Gasteiger partial charge in [-0.15, -0.1) is 0 Å². The molecular weight excluding hydrogens is 350 g/mol. The molecule has 3 fully saturated rings. The van der Waals surface area contributed by atoms with Crippen molar-refractivity contribution >= 4 is 11.8 Å². The molecular formula is C23H33N3O2. The Hall–Kier alpha value is -1.88. The van der Waals surface area contributed by atoms with Crippen molar-refractivity contribution in [1.82, 2.24) is 15.1 Å². The van der Waals surface area contributed by atoms with Gasteiger partial charge in [0, 0.05) is 38.1 Å². The Morgan fingerprint density at radius 1 is 1.04 bits per heavy atom. The standard InChI is InChI=1S/C23H33N3O2/c1-17-4-2-5-18(14-17)15-24-22(27)20-6-3-11-26(16-20)21-9-12-25(13-10-21)23(28)19-7-8-19/h2,4-5,14,19-21H,3,6-13,15-16H2,1H3,(H,24,27). The van der Waals surface area contributed by atoms with Crippen LogP contribution in [0.25, 0.3) is 0 Å². The minimum atomic E-state index is 0.0877. The van der Waals surface area contributed by atoms with Gasteiger partial charge in [0.15, 0.2) is 0 Å². The third-order valence-corrected chi connectivity index (χ3v) is 6.59. The molecule has 28 heavy (non-hydrogen) atoms. The quantitative estimate of drug-likeness (QED) is 0.851. The molecule has 0 aromatic heterocycles. The topological polar surface area (TPSA) is 52.7 Å². The summed E-state index contributed by atoms with van der Waals surface area (Å²) < 4.78 is 0. The predicted molar refractivity (Wildman–Crippen MR) is 110 cm³/mol. The first-order chi connectivity index (χ1) is 13.6. The molecule has 5 heteroatoms. The number of carbonyl (C=O) groups is 2. The number of benzene rings is 1. The van der Waals surface area contributed by atoms with E-state index in [-0.39, 0.29) is 11.8 Å². The normalized spacial score (nSPS) is 24.2. The highest BCUT2D eigenvalue weighted by molar-refractivity contribution is 5.81. The van der Waals surface area contributed by atoms with E-state index in [0.717, 1.165) is 70.3 Å². The molecule has 0 radical (unpaired) electrons. The molecule has 1 saturated carbocycles. The zero-order valence-corrected chi connectivity index (χ0v) is 17.0. The maximum absolute atomic E-state index is 12.7. The summed E-state index contributed by atoms with van der Waals surface area (Å²) in [7, 11) is 0. The molecule has 2 saturated heterocycles. The summed E-state index contributed by atoms with van der Waals surface area (Å²) in [5, 5.41) is 3.14. The summed E-state index contributed by atoms with van der Waals surface area (Å²) in [6, 6.07) is 8.84. The maximum atomic E-state index is 12.7. The summed E-state index contributed by atoms with van der Waals surface area (Å²) in [6.45, 7) is 6.41. The Balaban J connectivity index is 1.24. The lowest BCUT2D eigenvalue weighted by molar-refractivity contribution is -0.134. The van der Waals surface area contributed by atoms with Gasteiger partial charge in [0.05, 0.1) is 5.92 Å². The molecule has 2 amide bonds. The van der Waals surface area contributed by atoms with E-state index in [0.29, 0.717) is 24.4 Å². The fourth-order valence-corrected chi connectivity index (χ4v) is 4.75. The second-order valence-corrected chi connectivity index (χ2v) is 8.87. The molecule has 4 rings (SSSR count). The molecule has 2 heterocycles. The highest BCUT2D eigenvalue weighted by Crippen LogP contribution is 2.32. The van der Waals surface area contributed by atoms with Gasteiger partial charge in [-0.2, -0.15) is 0 Å². The molecule has 0 bridgehead atoms. The molecule has 1 aromatic carbocycles. The van der Waals surface area contributed by atoms with Crippen LogP contribution in [-0.4, -0.2) is 53.8 Å². The summed E-state index contributed by atoms with van der Waals surface area (Å²) in [5.41, 5.74) is 2.39. The van der Waals surface area contributed by atoms with Gasteiger partial charge in [0.25, 0.3) is 0 Å². The van der Waals surface area contributed by atoms with Gasteiger partial charge in [-0.05, 0) is 57.6 Å². The van der Waals surface area contributed by atoms with Gasteiger partial charge in [0.2, 0.25) is 11.8 Å². The van der Waals surface area contributed by atoms with Gasteiger partial charge in [-0.1, -0.05) is 29.8 Å². The van der Waals surface area contributed by atoms with E-state index < -0.39 is 0 Å². The SMILES string of the molecule is Cc1cccc(CNC(=O)C2CCCN(C3CCN(C(=O)C4CC4)CC3)C2)c1. The van der Waals surface area contributed by atoms with Crippen molar-refractivity contribution in [2.75, 3.05) is 26.2 Å². The summed E-state index contributed by atoms with van der Waals surface area (Å²) in [6.07, 6.45) is 6.35. The summed E-state index contributed by atoms with van der Waals surface area (Å²) in [5.74, 6) is 0.982. The largest absolute Gasteiger partial charge is 0.352 e. The fourth-order valence-electron chi connectivity index (χ4n) is 4.75. The minimum Gasteiger partial charge on any atom is -0.352 e. The van der Waals surface area contributed by atoms with E-state index in [1.807, 2.05) is 6.07 Å². The number of hydrogen-bond acceptors (Lipinski definition) is 3. The lowest BCUT2D eigenvalue weighted by Gasteiger charge is -2.42. The molecule has 0 spiro atoms. The Morgan fingerprint density at radius 2 is 1.82 bits per heavy atom. The highest BCUT2D eigenvalue weighted by Gasteiger charge is 2.37. The number of aryl methyl sites for hydroxylation is 1. The Bertz CT molecular complexity index is 708. The average molecular weight is 384 g/mol. The number of hydrogen-bond donors (Lipinski definition) is 1. The van der Waals surface area contributed by atoms with Crippen LogP contribution in [0.4, 0.5) is 0 Å². The first-order valence-corrected chi connectivity index (χ1v) is 11.0. The van der Waals surface area contributed by atoms with Crippen LogP contribution in [0.5, 0.6) is 0 Å². The second-order valence-electron chi connectivity index (χ2n) is 8.87. The number of likely N-dealkylation sites (tertiary alicyclic amines) is 2. The monoisotopic (exact) mass is 383 g/mol. The molecule has 1 unspecified atom stereocenters. The number of amides is 2. The van der Waals surface area contributed by atoms with Crippen LogP contribution in [0.1, 0.15) is 49.7 Å². The Labute approximate surface area is 168 Å². The maximum Gasteiger partial charge on any atom is 0.225 e. The number of nitrogens with one attached hydrogen (secondary N) is 1. The van der Waals surface area contributed by atoms with Crippen molar-refractivity contribution in [2.24, 2.45) is 11.8 Å². The first-order valence-electron chi connectivity index (χ1n) is 11.0. The number of nitrogens with zero attached hydrogens (tertiary/aromatic N) is 2. The molecule has 3 aliphatic rings. The van der Waals surface area contributed by atoms with Crippen LogP contribution in [-0.2, 0) is 16.1 Å². The van der Waals surface area contributed by atoms with Gasteiger partial charge in [-0.3, -0.25) is 14.5 Å². The third kappa shape index (κ3) is 4.75. The van der Waals surface area contributed by atoms with Gasteiger partial charge in [0.1, 0.15) is 0 Å². The molecule has 1 N–H and O–H groups in total. The van der Waals surface area contributed by atoms with Crippen molar-refractivity contribution in [2.45, 2.75) is 58.0 Å². The van der Waals surface area contributed by atoms with Crippen LogP contribution in [0, 0.1) is 18.8 Å². The van der Waals surface area contributed by atoms with E-state index in [1.165, 1.54) is 5.56 Å². The lowest BCUT2D eigenvalue weighted by atomic mass is 9.93. The van der Waals surface area contributed by atoms with Crippen LogP contribution in [0.15, 0.2) is 24.3 Å². The number of piperidine rings is 2. The molecule has 1 atom stereocenters. The molecule has 5 nitrogen and oxygen atoms in total. The van der Waals surface area contributed by atoms with Crippen LogP contribution >= 0.6 is 0 Å². The van der Waals surface area contributed by atoms with Crippen molar-refractivity contribution in [3.8, 4) is 0 Å². The third-order valence-electron chi connectivity index (χ3n) is 6.59. The first kappa shape index (κ1) is 19.4. The zero-order valence-electron chi connectivity index (χ0n) is 17.0. The van der Waals surface area contributed by atoms with E-state index in [2.05, 4.69) is 40.2 Å². The second kappa shape index (κ2) is 8.64. The summed E-state index contributed by atoms with van der Waals surface area (Å²) in [4.78, 5) is 29.6. The van der Waals surface area contributed by atoms with Gasteiger partial charge < -0.3 is 10.2 Å². The van der Waals surface area contributed by atoms with E-state index in [9.17, 15) is 9.59 Å². The average Bonchev–Trinajstić information content (AvgIpc) is 3.57. The Kier molecular flexibility index (Phi) is 6.00. The zero-order chi connectivity index (χ0) is 19.5. The molecule has 2 aliphatic heterocycles. The van der Waals surface area contributed by atoms with Gasteiger partial charge >= 0.3 is 0 Å². The number of rotatable bonds is 5. The molecule has 1 aromatic rings. The molecule has 152 valence electrons. The van der Waals surface area contributed by atoms with Crippen LogP contribution in [0.3, 0.4) is 0 Å².